The van der Waals surface area contributed by atoms with Crippen molar-refractivity contribution in [2.75, 3.05) is 23.8 Å². The molecule has 0 bridgehead atoms. The van der Waals surface area contributed by atoms with Crippen molar-refractivity contribution in [2.45, 2.75) is 25.9 Å². The van der Waals surface area contributed by atoms with Crippen molar-refractivity contribution in [1.29, 1.82) is 0 Å². The highest BCUT2D eigenvalue weighted by Crippen LogP contribution is 2.32. The van der Waals surface area contributed by atoms with Gasteiger partial charge in [-0.1, -0.05) is 6.07 Å². The van der Waals surface area contributed by atoms with Crippen LogP contribution in [0.5, 0.6) is 11.5 Å². The van der Waals surface area contributed by atoms with Gasteiger partial charge in [-0.25, -0.2) is 12.8 Å². The summed E-state index contributed by atoms with van der Waals surface area (Å²) in [5.74, 6) is 0.270. The Morgan fingerprint density at radius 1 is 1.07 bits per heavy atom. The number of carbonyl (C=O) groups is 1. The molecular weight excluding hydrogens is 399 g/mol. The van der Waals surface area contributed by atoms with Gasteiger partial charge in [0, 0.05) is 0 Å². The van der Waals surface area contributed by atoms with Crippen LogP contribution in [0.15, 0.2) is 42.5 Å². The van der Waals surface area contributed by atoms with E-state index >= 15 is 0 Å². The zero-order valence-electron chi connectivity index (χ0n) is 16.4. The van der Waals surface area contributed by atoms with Gasteiger partial charge in [0.1, 0.15) is 25.1 Å². The number of benzene rings is 2. The van der Waals surface area contributed by atoms with Crippen LogP contribution in [0.1, 0.15) is 25.5 Å². The van der Waals surface area contributed by atoms with E-state index in [2.05, 4.69) is 5.32 Å². The predicted molar refractivity (Wildman–Crippen MR) is 107 cm³/mol. The number of amides is 1. The molecule has 7 nitrogen and oxygen atoms in total. The van der Waals surface area contributed by atoms with Gasteiger partial charge in [-0.15, -0.1) is 0 Å². The molecule has 2 atom stereocenters. The first-order valence-electron chi connectivity index (χ1n) is 9.11. The van der Waals surface area contributed by atoms with E-state index in [1.54, 1.807) is 19.1 Å². The third-order valence-electron chi connectivity index (χ3n) is 4.59. The maximum Gasteiger partial charge on any atom is 0.244 e. The van der Waals surface area contributed by atoms with Crippen LogP contribution in [0.2, 0.25) is 0 Å². The van der Waals surface area contributed by atoms with Gasteiger partial charge in [-0.2, -0.15) is 0 Å². The quantitative estimate of drug-likeness (QED) is 0.774. The first kappa shape index (κ1) is 20.9. The fraction of sp³-hybridized carbons (Fsp3) is 0.350. The van der Waals surface area contributed by atoms with Crippen molar-refractivity contribution in [1.82, 2.24) is 5.32 Å². The Hall–Kier alpha value is -2.81. The monoisotopic (exact) mass is 422 g/mol. The van der Waals surface area contributed by atoms with Gasteiger partial charge in [0.2, 0.25) is 15.9 Å². The molecule has 1 N–H and O–H groups in total. The largest absolute Gasteiger partial charge is 0.486 e. The molecule has 1 aliphatic rings. The Labute approximate surface area is 169 Å². The van der Waals surface area contributed by atoms with Crippen LogP contribution >= 0.6 is 0 Å². The number of nitrogens with zero attached hydrogens (tertiary/aromatic N) is 1. The summed E-state index contributed by atoms with van der Waals surface area (Å²) in [6.45, 7) is 4.21. The summed E-state index contributed by atoms with van der Waals surface area (Å²) in [4.78, 5) is 12.8. The van der Waals surface area contributed by atoms with Crippen molar-refractivity contribution >= 4 is 21.6 Å². The normalized spacial score (nSPS) is 15.3. The molecule has 3 rings (SSSR count). The number of halogens is 1. The summed E-state index contributed by atoms with van der Waals surface area (Å²) in [6.07, 6.45) is 1.00. The third kappa shape index (κ3) is 4.79. The Morgan fingerprint density at radius 2 is 1.69 bits per heavy atom. The molecule has 9 heteroatoms. The smallest absolute Gasteiger partial charge is 0.244 e. The van der Waals surface area contributed by atoms with E-state index in [0.29, 0.717) is 24.7 Å². The molecule has 2 aromatic carbocycles. The standard InChI is InChI=1S/C20H23FN2O5S/c1-13(15-4-9-18-19(12-15)28-11-10-27-18)22-20(24)14(2)23(29(3,25)26)17-7-5-16(21)6-8-17/h4-9,12-14H,10-11H2,1-3H3,(H,22,24). The van der Waals surface area contributed by atoms with E-state index in [4.69, 9.17) is 9.47 Å². The molecule has 156 valence electrons. The van der Waals surface area contributed by atoms with Crippen molar-refractivity contribution in [3.05, 3.63) is 53.8 Å². The van der Waals surface area contributed by atoms with Crippen LogP contribution < -0.4 is 19.1 Å². The number of ether oxygens (including phenoxy) is 2. The van der Waals surface area contributed by atoms with Gasteiger partial charge >= 0.3 is 0 Å². The topological polar surface area (TPSA) is 84.9 Å². The second-order valence-corrected chi connectivity index (χ2v) is 8.70. The maximum atomic E-state index is 13.2. The van der Waals surface area contributed by atoms with Crippen molar-refractivity contribution in [3.63, 3.8) is 0 Å². The third-order valence-corrected chi connectivity index (χ3v) is 5.84. The number of hydrogen-bond acceptors (Lipinski definition) is 5. The molecule has 1 amide bonds. The Balaban J connectivity index is 1.78. The van der Waals surface area contributed by atoms with Crippen LogP contribution in [-0.2, 0) is 14.8 Å². The average Bonchev–Trinajstić information content (AvgIpc) is 2.68. The SMILES string of the molecule is CC(NC(=O)C(C)N(c1ccc(F)cc1)S(C)(=O)=O)c1ccc2c(c1)OCCO2. The number of carbonyl (C=O) groups excluding carboxylic acids is 1. The molecule has 29 heavy (non-hydrogen) atoms. The zero-order chi connectivity index (χ0) is 21.2. The zero-order valence-corrected chi connectivity index (χ0v) is 17.2. The van der Waals surface area contributed by atoms with Gasteiger partial charge in [-0.3, -0.25) is 9.10 Å². The fourth-order valence-corrected chi connectivity index (χ4v) is 4.32. The van der Waals surface area contributed by atoms with E-state index in [1.807, 2.05) is 6.07 Å². The predicted octanol–water partition coefficient (Wildman–Crippen LogP) is 2.63. The van der Waals surface area contributed by atoms with Crippen LogP contribution in [0.3, 0.4) is 0 Å². The first-order chi connectivity index (χ1) is 13.7. The second kappa shape index (κ2) is 8.28. The lowest BCUT2D eigenvalue weighted by atomic mass is 10.1. The van der Waals surface area contributed by atoms with Crippen molar-refractivity contribution < 1.29 is 27.1 Å². The van der Waals surface area contributed by atoms with E-state index in [9.17, 15) is 17.6 Å². The number of rotatable bonds is 6. The molecule has 2 unspecified atom stereocenters. The highest BCUT2D eigenvalue weighted by molar-refractivity contribution is 7.92. The van der Waals surface area contributed by atoms with Gasteiger partial charge in [-0.05, 0) is 55.8 Å². The molecule has 0 aliphatic carbocycles. The number of nitrogens with one attached hydrogen (secondary N) is 1. The summed E-state index contributed by atoms with van der Waals surface area (Å²) < 4.78 is 49.8. The fourth-order valence-electron chi connectivity index (χ4n) is 3.14. The summed E-state index contributed by atoms with van der Waals surface area (Å²) >= 11 is 0. The average molecular weight is 422 g/mol. The minimum atomic E-state index is -3.77. The summed E-state index contributed by atoms with van der Waals surface area (Å²) in [5, 5.41) is 2.82. The number of fused-ring (bicyclic) bond motifs is 1. The molecule has 1 aliphatic heterocycles. The van der Waals surface area contributed by atoms with Crippen LogP contribution in [0.25, 0.3) is 0 Å². The first-order valence-corrected chi connectivity index (χ1v) is 11.0. The van der Waals surface area contributed by atoms with E-state index in [-0.39, 0.29) is 5.69 Å². The minimum absolute atomic E-state index is 0.212. The highest BCUT2D eigenvalue weighted by atomic mass is 32.2. The molecule has 0 saturated heterocycles. The minimum Gasteiger partial charge on any atom is -0.486 e. The van der Waals surface area contributed by atoms with Crippen molar-refractivity contribution in [3.8, 4) is 11.5 Å². The lowest BCUT2D eigenvalue weighted by Crippen LogP contribution is -2.48. The van der Waals surface area contributed by atoms with Gasteiger partial charge in [0.05, 0.1) is 18.0 Å². The summed E-state index contributed by atoms with van der Waals surface area (Å²) in [6, 6.07) is 8.90. The van der Waals surface area contributed by atoms with Crippen LogP contribution in [0.4, 0.5) is 10.1 Å². The van der Waals surface area contributed by atoms with E-state index in [1.165, 1.54) is 19.1 Å². The Bertz CT molecular complexity index is 994. The molecule has 0 fully saturated rings. The maximum absolute atomic E-state index is 13.2. The number of sulfonamides is 1. The summed E-state index contributed by atoms with van der Waals surface area (Å²) in [5.41, 5.74) is 1.01. The van der Waals surface area contributed by atoms with Crippen LogP contribution in [-0.4, -0.2) is 39.8 Å². The molecular formula is C20H23FN2O5S. The van der Waals surface area contributed by atoms with Gasteiger partial charge in [0.15, 0.2) is 11.5 Å². The lowest BCUT2D eigenvalue weighted by Gasteiger charge is -2.29. The molecule has 0 radical (unpaired) electrons. The van der Waals surface area contributed by atoms with E-state index < -0.39 is 33.8 Å². The van der Waals surface area contributed by atoms with Gasteiger partial charge < -0.3 is 14.8 Å². The van der Waals surface area contributed by atoms with Crippen molar-refractivity contribution in [2.24, 2.45) is 0 Å². The van der Waals surface area contributed by atoms with Gasteiger partial charge in [0.25, 0.3) is 0 Å². The highest BCUT2D eigenvalue weighted by Gasteiger charge is 2.30. The summed E-state index contributed by atoms with van der Waals surface area (Å²) in [7, 11) is -3.77. The molecule has 2 aromatic rings. The number of anilines is 1. The number of hydrogen-bond donors (Lipinski definition) is 1. The molecule has 0 saturated carbocycles. The lowest BCUT2D eigenvalue weighted by molar-refractivity contribution is -0.122. The Kier molecular flexibility index (Phi) is 5.97. The molecule has 1 heterocycles. The molecule has 0 spiro atoms. The second-order valence-electron chi connectivity index (χ2n) is 6.84. The molecule has 0 aromatic heterocycles. The van der Waals surface area contributed by atoms with E-state index in [0.717, 1.165) is 28.3 Å². The Morgan fingerprint density at radius 3 is 2.31 bits per heavy atom. The van der Waals surface area contributed by atoms with Crippen LogP contribution in [0, 0.1) is 5.82 Å².